The van der Waals surface area contributed by atoms with Gasteiger partial charge in [0.15, 0.2) is 0 Å². The molecule has 1 aliphatic carbocycles. The van der Waals surface area contributed by atoms with Crippen LogP contribution in [0.5, 0.6) is 0 Å². The predicted molar refractivity (Wildman–Crippen MR) is 81.6 cm³/mol. The number of amides is 1. The first-order valence-corrected chi connectivity index (χ1v) is 7.63. The number of nitrogen functional groups attached to an aromatic ring is 1. The molecule has 0 saturated heterocycles. The van der Waals surface area contributed by atoms with E-state index in [1.165, 1.54) is 25.7 Å². The average molecular weight is 275 g/mol. The summed E-state index contributed by atoms with van der Waals surface area (Å²) in [5, 5.41) is 3.06. The van der Waals surface area contributed by atoms with E-state index in [0.29, 0.717) is 16.8 Å². The molecular formula is C16H25N3O. The molecule has 1 aliphatic rings. The summed E-state index contributed by atoms with van der Waals surface area (Å²) < 4.78 is 0. The van der Waals surface area contributed by atoms with Crippen LogP contribution in [-0.4, -0.2) is 17.4 Å². The van der Waals surface area contributed by atoms with Gasteiger partial charge in [-0.15, -0.1) is 0 Å². The van der Waals surface area contributed by atoms with Crippen LogP contribution in [0.15, 0.2) is 12.1 Å². The molecule has 0 spiro atoms. The van der Waals surface area contributed by atoms with Crippen LogP contribution >= 0.6 is 0 Å². The normalized spacial score (nSPS) is 15.9. The quantitative estimate of drug-likeness (QED) is 0.804. The molecule has 0 bridgehead atoms. The molecule has 4 heteroatoms. The van der Waals surface area contributed by atoms with Gasteiger partial charge in [-0.3, -0.25) is 4.79 Å². The van der Waals surface area contributed by atoms with Gasteiger partial charge < -0.3 is 11.1 Å². The fourth-order valence-corrected chi connectivity index (χ4v) is 2.72. The van der Waals surface area contributed by atoms with E-state index in [-0.39, 0.29) is 5.91 Å². The third kappa shape index (κ3) is 3.71. The van der Waals surface area contributed by atoms with Crippen molar-refractivity contribution < 1.29 is 4.79 Å². The van der Waals surface area contributed by atoms with Crippen LogP contribution < -0.4 is 11.1 Å². The number of hydrogen-bond acceptors (Lipinski definition) is 3. The molecule has 0 radical (unpaired) electrons. The van der Waals surface area contributed by atoms with E-state index in [1.54, 1.807) is 6.07 Å². The molecule has 110 valence electrons. The maximum Gasteiger partial charge on any atom is 0.251 e. The highest BCUT2D eigenvalue weighted by Crippen LogP contribution is 2.48. The molecule has 20 heavy (non-hydrogen) atoms. The number of nitrogens with zero attached hydrogens (tertiary/aromatic N) is 1. The SMILES string of the molecule is CCCc1cc(C(=O)NCC2(CCC)CC2)cc(N)n1. The molecule has 2 rings (SSSR count). The number of pyridine rings is 1. The van der Waals surface area contributed by atoms with Crippen molar-refractivity contribution in [2.75, 3.05) is 12.3 Å². The number of aromatic nitrogens is 1. The molecule has 0 atom stereocenters. The number of carbonyl (C=O) groups excluding carboxylic acids is 1. The zero-order valence-corrected chi connectivity index (χ0v) is 12.5. The minimum atomic E-state index is -0.0289. The molecule has 1 amide bonds. The van der Waals surface area contributed by atoms with Gasteiger partial charge in [-0.1, -0.05) is 26.7 Å². The van der Waals surface area contributed by atoms with Crippen LogP contribution in [0.1, 0.15) is 62.0 Å². The molecule has 0 aliphatic heterocycles. The molecule has 0 aromatic carbocycles. The summed E-state index contributed by atoms with van der Waals surface area (Å²) in [6, 6.07) is 3.52. The second kappa shape index (κ2) is 6.25. The molecule has 4 nitrogen and oxygen atoms in total. The van der Waals surface area contributed by atoms with E-state index >= 15 is 0 Å². The molecule has 1 aromatic heterocycles. The zero-order chi connectivity index (χ0) is 14.6. The van der Waals surface area contributed by atoms with Gasteiger partial charge in [-0.25, -0.2) is 4.98 Å². The number of hydrogen-bond donors (Lipinski definition) is 2. The molecule has 1 saturated carbocycles. The third-order valence-corrected chi connectivity index (χ3v) is 4.03. The first kappa shape index (κ1) is 14.8. The van der Waals surface area contributed by atoms with E-state index < -0.39 is 0 Å². The van der Waals surface area contributed by atoms with Crippen LogP contribution in [-0.2, 0) is 6.42 Å². The van der Waals surface area contributed by atoms with Crippen LogP contribution in [0.4, 0.5) is 5.82 Å². The largest absolute Gasteiger partial charge is 0.384 e. The lowest BCUT2D eigenvalue weighted by atomic mass is 10.0. The Bertz CT molecular complexity index is 481. The lowest BCUT2D eigenvalue weighted by Crippen LogP contribution is -2.30. The monoisotopic (exact) mass is 275 g/mol. The van der Waals surface area contributed by atoms with Crippen molar-refractivity contribution in [3.05, 3.63) is 23.4 Å². The summed E-state index contributed by atoms with van der Waals surface area (Å²) in [5.41, 5.74) is 7.68. The summed E-state index contributed by atoms with van der Waals surface area (Å²) in [7, 11) is 0. The van der Waals surface area contributed by atoms with Crippen LogP contribution in [0.3, 0.4) is 0 Å². The van der Waals surface area contributed by atoms with Crippen LogP contribution in [0.2, 0.25) is 0 Å². The van der Waals surface area contributed by atoms with Gasteiger partial charge in [-0.2, -0.15) is 0 Å². The first-order chi connectivity index (χ1) is 9.58. The van der Waals surface area contributed by atoms with Gasteiger partial charge in [0.25, 0.3) is 5.91 Å². The Morgan fingerprint density at radius 1 is 1.35 bits per heavy atom. The minimum absolute atomic E-state index is 0.0289. The van der Waals surface area contributed by atoms with Gasteiger partial charge >= 0.3 is 0 Å². The Labute approximate surface area is 121 Å². The van der Waals surface area contributed by atoms with Crippen molar-refractivity contribution in [1.82, 2.24) is 10.3 Å². The highest BCUT2D eigenvalue weighted by molar-refractivity contribution is 5.94. The van der Waals surface area contributed by atoms with Crippen molar-refractivity contribution >= 4 is 11.7 Å². The van der Waals surface area contributed by atoms with Crippen LogP contribution in [0.25, 0.3) is 0 Å². The number of rotatable bonds is 7. The molecule has 1 fully saturated rings. The van der Waals surface area contributed by atoms with E-state index in [1.807, 2.05) is 6.07 Å². The predicted octanol–water partition coefficient (Wildman–Crippen LogP) is 2.93. The first-order valence-electron chi connectivity index (χ1n) is 7.63. The fourth-order valence-electron chi connectivity index (χ4n) is 2.72. The summed E-state index contributed by atoms with van der Waals surface area (Å²) >= 11 is 0. The highest BCUT2D eigenvalue weighted by atomic mass is 16.1. The van der Waals surface area contributed by atoms with Gasteiger partial charge in [-0.05, 0) is 43.2 Å². The Kier molecular flexibility index (Phi) is 4.63. The highest BCUT2D eigenvalue weighted by Gasteiger charge is 2.41. The Hall–Kier alpha value is -1.58. The Morgan fingerprint density at radius 3 is 2.70 bits per heavy atom. The lowest BCUT2D eigenvalue weighted by Gasteiger charge is -2.15. The standard InChI is InChI=1S/C16H25N3O/c1-3-5-13-9-12(10-14(17)19-13)15(20)18-11-16(6-4-2)7-8-16/h9-10H,3-8,11H2,1-2H3,(H2,17,19)(H,18,20). The van der Waals surface area contributed by atoms with Gasteiger partial charge in [0.1, 0.15) is 5.82 Å². The summed E-state index contributed by atoms with van der Waals surface area (Å²) in [4.78, 5) is 16.5. The van der Waals surface area contributed by atoms with Crippen molar-refractivity contribution in [1.29, 1.82) is 0 Å². The topological polar surface area (TPSA) is 68.0 Å². The molecular weight excluding hydrogens is 250 g/mol. The molecule has 1 aromatic rings. The summed E-state index contributed by atoms with van der Waals surface area (Å²) in [6.07, 6.45) is 6.70. The smallest absolute Gasteiger partial charge is 0.251 e. The van der Waals surface area contributed by atoms with E-state index in [2.05, 4.69) is 24.1 Å². The number of nitrogens with two attached hydrogens (primary N) is 1. The maximum absolute atomic E-state index is 12.2. The number of anilines is 1. The molecule has 0 unspecified atom stereocenters. The van der Waals surface area contributed by atoms with Crippen molar-refractivity contribution in [2.24, 2.45) is 5.41 Å². The van der Waals surface area contributed by atoms with Gasteiger partial charge in [0, 0.05) is 17.8 Å². The second-order valence-corrected chi connectivity index (χ2v) is 5.95. The second-order valence-electron chi connectivity index (χ2n) is 5.95. The van der Waals surface area contributed by atoms with E-state index in [9.17, 15) is 4.79 Å². The third-order valence-electron chi connectivity index (χ3n) is 4.03. The lowest BCUT2D eigenvalue weighted by molar-refractivity contribution is 0.0943. The number of aryl methyl sites for hydroxylation is 1. The van der Waals surface area contributed by atoms with Crippen molar-refractivity contribution in [3.63, 3.8) is 0 Å². The Morgan fingerprint density at radius 2 is 2.10 bits per heavy atom. The van der Waals surface area contributed by atoms with Crippen molar-refractivity contribution in [2.45, 2.75) is 52.4 Å². The number of nitrogens with one attached hydrogen (secondary N) is 1. The zero-order valence-electron chi connectivity index (χ0n) is 12.5. The van der Waals surface area contributed by atoms with Gasteiger partial charge in [0.2, 0.25) is 0 Å². The van der Waals surface area contributed by atoms with Gasteiger partial charge in [0.05, 0.1) is 0 Å². The Balaban J connectivity index is 1.98. The molecule has 1 heterocycles. The summed E-state index contributed by atoms with van der Waals surface area (Å²) in [6.45, 7) is 5.07. The molecule has 3 N–H and O–H groups in total. The minimum Gasteiger partial charge on any atom is -0.384 e. The number of carbonyl (C=O) groups is 1. The van der Waals surface area contributed by atoms with E-state index in [4.69, 9.17) is 5.73 Å². The fraction of sp³-hybridized carbons (Fsp3) is 0.625. The van der Waals surface area contributed by atoms with Crippen molar-refractivity contribution in [3.8, 4) is 0 Å². The average Bonchev–Trinajstić information content (AvgIpc) is 3.16. The maximum atomic E-state index is 12.2. The van der Waals surface area contributed by atoms with E-state index in [0.717, 1.165) is 25.1 Å². The summed E-state index contributed by atoms with van der Waals surface area (Å²) in [5.74, 6) is 0.398. The van der Waals surface area contributed by atoms with Crippen LogP contribution in [0, 0.1) is 5.41 Å².